The Kier molecular flexibility index (Phi) is 15.4. The third kappa shape index (κ3) is 11.1. The number of aryl methyl sites for hydroxylation is 2. The van der Waals surface area contributed by atoms with Crippen molar-refractivity contribution in [1.29, 1.82) is 0 Å². The number of amides is 4. The molecule has 29 nitrogen and oxygen atoms in total. The second kappa shape index (κ2) is 22.5. The number of rotatable bonds is 18. The Hall–Kier alpha value is -7.31. The van der Waals surface area contributed by atoms with E-state index in [1.54, 1.807) is 21.8 Å². The monoisotopic (exact) mass is 1050 g/mol. The number of likely N-dealkylation sites (tertiary alicyclic amines) is 2. The van der Waals surface area contributed by atoms with E-state index in [1.165, 1.54) is 12.7 Å². The summed E-state index contributed by atoms with van der Waals surface area (Å²) in [5.74, 6) is 0.242. The van der Waals surface area contributed by atoms with Crippen molar-refractivity contribution in [2.45, 2.75) is 112 Å². The number of piperidine rings is 2. The molecule has 6 aromatic rings. The zero-order chi connectivity index (χ0) is 53.2. The summed E-state index contributed by atoms with van der Waals surface area (Å²) >= 11 is 0. The molecule has 2 saturated heterocycles. The van der Waals surface area contributed by atoms with Crippen LogP contribution in [0.2, 0.25) is 0 Å². The average Bonchev–Trinajstić information content (AvgIpc) is 4.34. The third-order valence-electron chi connectivity index (χ3n) is 14.9. The van der Waals surface area contributed by atoms with Gasteiger partial charge in [0.2, 0.25) is 23.7 Å². The predicted octanol–water partition coefficient (Wildman–Crippen LogP) is -2.40. The Balaban J connectivity index is 0.782. The van der Waals surface area contributed by atoms with Crippen molar-refractivity contribution in [3.8, 4) is 0 Å². The van der Waals surface area contributed by atoms with Crippen LogP contribution in [0, 0.1) is 0 Å². The Morgan fingerprint density at radius 3 is 1.34 bits per heavy atom. The summed E-state index contributed by atoms with van der Waals surface area (Å²) in [6.45, 7) is 1.45. The molecule has 10 rings (SSSR count). The summed E-state index contributed by atoms with van der Waals surface area (Å²) in [5.41, 5.74) is 3.50. The first kappa shape index (κ1) is 52.1. The van der Waals surface area contributed by atoms with Crippen LogP contribution < -0.4 is 31.9 Å². The van der Waals surface area contributed by atoms with Crippen LogP contribution in [-0.2, 0) is 36.5 Å². The number of imidazole rings is 4. The minimum atomic E-state index is -1.29. The van der Waals surface area contributed by atoms with Gasteiger partial charge in [-0.2, -0.15) is 19.9 Å². The lowest BCUT2D eigenvalue weighted by Crippen LogP contribution is -2.51. The van der Waals surface area contributed by atoms with Gasteiger partial charge in [-0.25, -0.2) is 24.7 Å². The predicted molar refractivity (Wildman–Crippen MR) is 273 cm³/mol. The Morgan fingerprint density at radius 1 is 0.566 bits per heavy atom. The first-order valence-electron chi connectivity index (χ1n) is 25.7. The molecule has 12 N–H and O–H groups in total. The van der Waals surface area contributed by atoms with Crippen LogP contribution in [0.25, 0.3) is 22.3 Å². The zero-order valence-electron chi connectivity index (χ0n) is 42.2. The van der Waals surface area contributed by atoms with Gasteiger partial charge in [-0.15, -0.1) is 0 Å². The molecule has 6 aromatic heterocycles. The summed E-state index contributed by atoms with van der Waals surface area (Å²) in [6, 6.07) is -3.17. The van der Waals surface area contributed by atoms with Gasteiger partial charge in [0.1, 0.15) is 37.6 Å². The van der Waals surface area contributed by atoms with Crippen molar-refractivity contribution < 1.29 is 45.0 Å². The molecular formula is C47H66N20O9. The quantitative estimate of drug-likeness (QED) is 0.0427. The molecule has 29 heteroatoms. The lowest BCUT2D eigenvalue weighted by atomic mass is 10.0. The van der Waals surface area contributed by atoms with E-state index < -0.39 is 73.6 Å². The van der Waals surface area contributed by atoms with Gasteiger partial charge in [-0.05, 0) is 38.5 Å². The molecule has 0 bridgehead atoms. The van der Waals surface area contributed by atoms with Crippen LogP contribution in [0.5, 0.6) is 0 Å². The fraction of sp³-hybridized carbons (Fsp3) is 0.596. The molecule has 408 valence electrons. The highest BCUT2D eigenvalue weighted by Gasteiger charge is 2.45. The topological polar surface area (TPSA) is 374 Å². The minimum Gasteiger partial charge on any atom is -0.388 e. The van der Waals surface area contributed by atoms with Crippen LogP contribution in [0.1, 0.15) is 62.0 Å². The van der Waals surface area contributed by atoms with Crippen molar-refractivity contribution >= 4 is 63.7 Å². The lowest BCUT2D eigenvalue weighted by Gasteiger charge is -2.39. The summed E-state index contributed by atoms with van der Waals surface area (Å²) in [5, 5.41) is 81.5. The van der Waals surface area contributed by atoms with Gasteiger partial charge in [-0.1, -0.05) is 0 Å². The Bertz CT molecular complexity index is 2800. The van der Waals surface area contributed by atoms with Gasteiger partial charge in [0.25, 0.3) is 0 Å². The average molecular weight is 1060 g/mol. The van der Waals surface area contributed by atoms with Crippen LogP contribution in [0.3, 0.4) is 0 Å². The van der Waals surface area contributed by atoms with Crippen molar-refractivity contribution in [2.24, 2.45) is 14.1 Å². The summed E-state index contributed by atoms with van der Waals surface area (Å²) < 4.78 is 7.11. The van der Waals surface area contributed by atoms with Crippen molar-refractivity contribution in [3.63, 3.8) is 0 Å². The van der Waals surface area contributed by atoms with Gasteiger partial charge in [-0.3, -0.25) is 9.59 Å². The van der Waals surface area contributed by atoms with E-state index in [-0.39, 0.29) is 31.0 Å². The zero-order valence-corrected chi connectivity index (χ0v) is 42.2. The van der Waals surface area contributed by atoms with Gasteiger partial charge in [0, 0.05) is 90.7 Å². The van der Waals surface area contributed by atoms with E-state index in [2.05, 4.69) is 51.8 Å². The highest BCUT2D eigenvalue weighted by Crippen LogP contribution is 2.37. The van der Waals surface area contributed by atoms with Crippen LogP contribution >= 0.6 is 0 Å². The van der Waals surface area contributed by atoms with Gasteiger partial charge in [0.15, 0.2) is 34.0 Å². The standard InChI is InChI=1S/C47H66N20O9/c1-62-17-27(50-21-62)3-9-48-45-58-41(35-43(60-45)66(23-52-35)31-15-29(37(72)39(31)74)56-33(70)19-68)54-25-5-11-64(12-6-25)47(76)65-13-7-26(8-14-65)55-42-36-44(61-46(59-42)49-10-4-28-18-63(2)22-51-28)67(24-53-36)32-16-30(38(73)40(32)75)57-34(71)20-69/h17-18,21-26,29-32,37-40,68-69,72-75H,3-16,19-20H2,1-2H3,(H,56,70)(H,57,71)(H2,48,54,58,60)(H2,49,55,59,61)/t29-,30-,31+,32+,37+,38+,39-,40-/m0/s1. The number of nitrogens with zero attached hydrogens (tertiary/aromatic N) is 14. The molecule has 8 atom stereocenters. The smallest absolute Gasteiger partial charge is 0.320 e. The summed E-state index contributed by atoms with van der Waals surface area (Å²) in [7, 11) is 3.80. The number of aliphatic hydroxyl groups excluding tert-OH is 6. The van der Waals surface area contributed by atoms with E-state index in [1.807, 2.05) is 45.4 Å². The van der Waals surface area contributed by atoms with Gasteiger partial charge >= 0.3 is 6.03 Å². The molecule has 2 aliphatic heterocycles. The molecule has 0 aromatic carbocycles. The molecule has 76 heavy (non-hydrogen) atoms. The molecule has 2 saturated carbocycles. The van der Waals surface area contributed by atoms with Crippen LogP contribution in [0.15, 0.2) is 37.7 Å². The fourth-order valence-corrected chi connectivity index (χ4v) is 10.9. The number of carbonyl (C=O) groups is 3. The normalized spacial score (nSPS) is 24.4. The largest absolute Gasteiger partial charge is 0.388 e. The molecular weight excluding hydrogens is 989 g/mol. The van der Waals surface area contributed by atoms with E-state index in [4.69, 9.17) is 19.9 Å². The molecule has 4 aliphatic rings. The van der Waals surface area contributed by atoms with Crippen LogP contribution in [-0.4, -0.2) is 217 Å². The van der Waals surface area contributed by atoms with E-state index in [0.29, 0.717) is 124 Å². The minimum absolute atomic E-state index is 0.0430. The number of nitrogens with one attached hydrogen (secondary N) is 6. The maximum Gasteiger partial charge on any atom is 0.320 e. The number of carbonyl (C=O) groups excluding carboxylic acids is 3. The Morgan fingerprint density at radius 2 is 0.974 bits per heavy atom. The summed E-state index contributed by atoms with van der Waals surface area (Å²) in [4.78, 5) is 79.2. The first-order chi connectivity index (χ1) is 36.7. The van der Waals surface area contributed by atoms with Crippen LogP contribution in [0.4, 0.5) is 28.3 Å². The number of hydrogen-bond donors (Lipinski definition) is 12. The molecule has 2 aliphatic carbocycles. The molecule has 4 fully saturated rings. The number of aromatic nitrogens is 12. The number of aliphatic hydroxyl groups is 6. The van der Waals surface area contributed by atoms with Crippen molar-refractivity contribution in [2.75, 3.05) is 73.7 Å². The lowest BCUT2D eigenvalue weighted by molar-refractivity contribution is -0.126. The molecule has 0 unspecified atom stereocenters. The molecule has 4 amide bonds. The molecule has 0 spiro atoms. The number of anilines is 4. The number of urea groups is 1. The maximum atomic E-state index is 14.1. The van der Waals surface area contributed by atoms with Gasteiger partial charge in [0.05, 0.1) is 60.9 Å². The van der Waals surface area contributed by atoms with E-state index in [0.717, 1.165) is 11.4 Å². The second-order valence-electron chi connectivity index (χ2n) is 20.2. The highest BCUT2D eigenvalue weighted by molar-refractivity contribution is 5.86. The van der Waals surface area contributed by atoms with Gasteiger partial charge < -0.3 is 90.6 Å². The number of fused-ring (bicyclic) bond motifs is 2. The summed E-state index contributed by atoms with van der Waals surface area (Å²) in [6.07, 6.45) is 9.37. The van der Waals surface area contributed by atoms with E-state index >= 15 is 0 Å². The maximum absolute atomic E-state index is 14.1. The number of hydrogen-bond acceptors (Lipinski definition) is 21. The first-order valence-corrected chi connectivity index (χ1v) is 25.7. The van der Waals surface area contributed by atoms with Crippen molar-refractivity contribution in [1.82, 2.24) is 78.6 Å². The molecule has 8 heterocycles. The highest BCUT2D eigenvalue weighted by atomic mass is 16.3. The SMILES string of the molecule is Cn1cnc(CCNc2nc(NC3CCN(C(=O)N4CCC(Nc5nc(NCCc6cn(C)cn6)nc6c5ncn6[C@@H]5C[C@H](NC(=O)CO)[C@@H](O)[C@H]5O)CC4)CC3)c3ncn([C@@H]4C[C@H](NC(=O)CO)[C@@H](O)[C@H]4O)c3n2)c1. The Labute approximate surface area is 435 Å². The molecule has 0 radical (unpaired) electrons. The van der Waals surface area contributed by atoms with Crippen molar-refractivity contribution in [3.05, 3.63) is 49.1 Å². The fourth-order valence-electron chi connectivity index (χ4n) is 10.9. The third-order valence-corrected chi connectivity index (χ3v) is 14.9. The van der Waals surface area contributed by atoms with E-state index in [9.17, 15) is 45.0 Å². The second-order valence-corrected chi connectivity index (χ2v) is 20.2.